The predicted octanol–water partition coefficient (Wildman–Crippen LogP) is 5.01. The Kier molecular flexibility index (Phi) is 7.68. The first-order valence-electron chi connectivity index (χ1n) is 12.1. The number of carbonyl (C=O) groups excluding carboxylic acids is 2. The number of rotatable bonds is 4. The second-order valence-corrected chi connectivity index (χ2v) is 10.8. The lowest BCUT2D eigenvalue weighted by atomic mass is 10.1. The van der Waals surface area contributed by atoms with Crippen molar-refractivity contribution in [1.29, 1.82) is 0 Å². The number of anilines is 1. The first-order valence-corrected chi connectivity index (χ1v) is 12.5. The molecule has 1 aromatic heterocycles. The molecular formula is C27H27ClF3N3O5. The van der Waals surface area contributed by atoms with Gasteiger partial charge in [0, 0.05) is 29.2 Å². The van der Waals surface area contributed by atoms with Crippen molar-refractivity contribution in [3.63, 3.8) is 0 Å². The van der Waals surface area contributed by atoms with Gasteiger partial charge in [0.1, 0.15) is 5.60 Å². The van der Waals surface area contributed by atoms with Gasteiger partial charge in [-0.15, -0.1) is 0 Å². The van der Waals surface area contributed by atoms with Crippen LogP contribution in [0.15, 0.2) is 53.5 Å². The van der Waals surface area contributed by atoms with Gasteiger partial charge in [-0.3, -0.25) is 9.59 Å². The molecular weight excluding hydrogens is 539 g/mol. The molecule has 2 aromatic carbocycles. The molecule has 2 N–H and O–H groups in total. The summed E-state index contributed by atoms with van der Waals surface area (Å²) >= 11 is 5.65. The highest BCUT2D eigenvalue weighted by Gasteiger charge is 2.38. The van der Waals surface area contributed by atoms with Crippen molar-refractivity contribution < 1.29 is 32.6 Å². The number of ether oxygens (including phenoxy) is 1. The van der Waals surface area contributed by atoms with Gasteiger partial charge in [-0.25, -0.2) is 4.79 Å². The number of pyridine rings is 1. The first kappa shape index (κ1) is 28.4. The highest BCUT2D eigenvalue weighted by molar-refractivity contribution is 6.31. The number of fused-ring (bicyclic) bond motifs is 1. The van der Waals surface area contributed by atoms with Gasteiger partial charge in [0.2, 0.25) is 5.91 Å². The van der Waals surface area contributed by atoms with E-state index in [0.717, 1.165) is 12.1 Å². The van der Waals surface area contributed by atoms with Crippen LogP contribution in [0.5, 0.6) is 0 Å². The molecule has 1 aliphatic rings. The van der Waals surface area contributed by atoms with Crippen molar-refractivity contribution >= 4 is 40.1 Å². The molecule has 3 aromatic rings. The van der Waals surface area contributed by atoms with Crippen LogP contribution in [0.1, 0.15) is 37.9 Å². The fourth-order valence-electron chi connectivity index (χ4n) is 4.46. The standard InChI is InChI=1S/C27H27ClF3N3O5/c1-26(2,3)39-25(38)33-13-21(22(35)14-33)34-10-9-16-17(24(34)37)5-4-6-20(16)32-23(36)12-15-7-8-19(28)18(11-15)27(29,30)31/h4-11,21-22,35H,12-14H2,1-3H3,(H,32,36). The van der Waals surface area contributed by atoms with E-state index in [1.54, 1.807) is 45.0 Å². The lowest BCUT2D eigenvalue weighted by Crippen LogP contribution is -2.36. The Morgan fingerprint density at radius 1 is 1.10 bits per heavy atom. The lowest BCUT2D eigenvalue weighted by molar-refractivity contribution is -0.137. The summed E-state index contributed by atoms with van der Waals surface area (Å²) in [6, 6.07) is 8.84. The maximum atomic E-state index is 13.3. The zero-order valence-corrected chi connectivity index (χ0v) is 22.1. The molecule has 2 amide bonds. The summed E-state index contributed by atoms with van der Waals surface area (Å²) in [5.74, 6) is -0.582. The zero-order valence-electron chi connectivity index (χ0n) is 21.4. The minimum Gasteiger partial charge on any atom is -0.444 e. The summed E-state index contributed by atoms with van der Waals surface area (Å²) in [6.07, 6.45) is -5.12. The van der Waals surface area contributed by atoms with E-state index in [1.165, 1.54) is 21.7 Å². The van der Waals surface area contributed by atoms with E-state index >= 15 is 0 Å². The molecule has 8 nitrogen and oxygen atoms in total. The Bertz CT molecular complexity index is 1480. The molecule has 39 heavy (non-hydrogen) atoms. The number of nitrogens with zero attached hydrogens (tertiary/aromatic N) is 2. The number of hydrogen-bond donors (Lipinski definition) is 2. The number of hydrogen-bond acceptors (Lipinski definition) is 5. The molecule has 1 saturated heterocycles. The molecule has 0 bridgehead atoms. The van der Waals surface area contributed by atoms with E-state index in [4.69, 9.17) is 16.3 Å². The molecule has 2 heterocycles. The normalized spacial score (nSPS) is 17.9. The summed E-state index contributed by atoms with van der Waals surface area (Å²) < 4.78 is 46.2. The summed E-state index contributed by atoms with van der Waals surface area (Å²) in [7, 11) is 0. The van der Waals surface area contributed by atoms with E-state index in [1.807, 2.05) is 0 Å². The second-order valence-electron chi connectivity index (χ2n) is 10.4. The minimum atomic E-state index is -4.66. The lowest BCUT2D eigenvalue weighted by Gasteiger charge is -2.24. The number of alkyl halides is 3. The fraction of sp³-hybridized carbons (Fsp3) is 0.370. The third-order valence-corrected chi connectivity index (χ3v) is 6.55. The Morgan fingerprint density at radius 3 is 2.49 bits per heavy atom. The van der Waals surface area contributed by atoms with Crippen LogP contribution in [0.2, 0.25) is 5.02 Å². The number of aliphatic hydroxyl groups excluding tert-OH is 1. The Morgan fingerprint density at radius 2 is 1.82 bits per heavy atom. The van der Waals surface area contributed by atoms with Crippen LogP contribution in [-0.4, -0.2) is 51.4 Å². The van der Waals surface area contributed by atoms with Gasteiger partial charge in [-0.2, -0.15) is 13.2 Å². The number of aliphatic hydroxyl groups is 1. The van der Waals surface area contributed by atoms with Crippen molar-refractivity contribution in [2.45, 2.75) is 51.1 Å². The number of nitrogens with one attached hydrogen (secondary N) is 1. The molecule has 2 atom stereocenters. The van der Waals surface area contributed by atoms with Crippen LogP contribution in [0.3, 0.4) is 0 Å². The topological polar surface area (TPSA) is 101 Å². The number of halogens is 4. The van der Waals surface area contributed by atoms with Crippen molar-refractivity contribution in [1.82, 2.24) is 9.47 Å². The van der Waals surface area contributed by atoms with Crippen molar-refractivity contribution in [2.75, 3.05) is 18.4 Å². The summed E-state index contributed by atoms with van der Waals surface area (Å²) in [6.45, 7) is 5.26. The number of benzene rings is 2. The average Bonchev–Trinajstić information content (AvgIpc) is 3.21. The third kappa shape index (κ3) is 6.36. The number of likely N-dealkylation sites (tertiary alicyclic amines) is 1. The van der Waals surface area contributed by atoms with Crippen LogP contribution >= 0.6 is 11.6 Å². The monoisotopic (exact) mass is 565 g/mol. The van der Waals surface area contributed by atoms with E-state index in [2.05, 4.69) is 5.32 Å². The maximum absolute atomic E-state index is 13.3. The molecule has 0 saturated carbocycles. The van der Waals surface area contributed by atoms with Gasteiger partial charge in [0.25, 0.3) is 5.56 Å². The van der Waals surface area contributed by atoms with Gasteiger partial charge in [0.15, 0.2) is 0 Å². The van der Waals surface area contributed by atoms with Crippen molar-refractivity contribution in [3.05, 3.63) is 75.2 Å². The largest absolute Gasteiger partial charge is 0.444 e. The number of carbonyl (C=O) groups is 2. The highest BCUT2D eigenvalue weighted by Crippen LogP contribution is 2.35. The zero-order chi connectivity index (χ0) is 28.7. The SMILES string of the molecule is CC(C)(C)OC(=O)N1CC(O)C(n2ccc3c(NC(=O)Cc4ccc(Cl)c(C(F)(F)F)c4)cccc3c2=O)C1. The molecule has 208 valence electrons. The van der Waals surface area contributed by atoms with E-state index in [0.29, 0.717) is 11.1 Å². The molecule has 0 aliphatic carbocycles. The van der Waals surface area contributed by atoms with E-state index in [9.17, 15) is 32.7 Å². The van der Waals surface area contributed by atoms with Crippen LogP contribution in [0.4, 0.5) is 23.7 Å². The fourth-order valence-corrected chi connectivity index (χ4v) is 4.69. The smallest absolute Gasteiger partial charge is 0.417 e. The van der Waals surface area contributed by atoms with Crippen molar-refractivity contribution in [3.8, 4) is 0 Å². The predicted molar refractivity (Wildman–Crippen MR) is 140 cm³/mol. The van der Waals surface area contributed by atoms with Gasteiger partial charge in [-0.05, 0) is 56.7 Å². The summed E-state index contributed by atoms with van der Waals surface area (Å²) in [5.41, 5.74) is -1.76. The van der Waals surface area contributed by atoms with Gasteiger partial charge >= 0.3 is 12.3 Å². The van der Waals surface area contributed by atoms with E-state index < -0.39 is 52.1 Å². The van der Waals surface area contributed by atoms with Gasteiger partial charge in [-0.1, -0.05) is 23.7 Å². The van der Waals surface area contributed by atoms with Crippen LogP contribution < -0.4 is 10.9 Å². The first-order chi connectivity index (χ1) is 18.1. The minimum absolute atomic E-state index is 0.000898. The summed E-state index contributed by atoms with van der Waals surface area (Å²) in [5, 5.41) is 13.5. The summed E-state index contributed by atoms with van der Waals surface area (Å²) in [4.78, 5) is 39.8. The molecule has 0 radical (unpaired) electrons. The Balaban J connectivity index is 1.55. The molecule has 1 aliphatic heterocycles. The second kappa shape index (κ2) is 10.5. The van der Waals surface area contributed by atoms with Crippen molar-refractivity contribution in [2.24, 2.45) is 0 Å². The molecule has 12 heteroatoms. The Hall–Kier alpha value is -3.57. The molecule has 4 rings (SSSR count). The molecule has 2 unspecified atom stereocenters. The van der Waals surface area contributed by atoms with Crippen LogP contribution in [-0.2, 0) is 22.1 Å². The molecule has 1 fully saturated rings. The van der Waals surface area contributed by atoms with Crippen LogP contribution in [0.25, 0.3) is 10.8 Å². The van der Waals surface area contributed by atoms with Gasteiger partial charge < -0.3 is 24.6 Å². The maximum Gasteiger partial charge on any atom is 0.417 e. The number of amides is 2. The highest BCUT2D eigenvalue weighted by atomic mass is 35.5. The van der Waals surface area contributed by atoms with Gasteiger partial charge in [0.05, 0.1) is 35.7 Å². The average molecular weight is 566 g/mol. The quantitative estimate of drug-likeness (QED) is 0.463. The third-order valence-electron chi connectivity index (χ3n) is 6.22. The number of β-amino-alcohol motifs (C(OH)–C–C–N with tert-alkyl or cyclic N) is 1. The Labute approximate surface area is 226 Å². The van der Waals surface area contributed by atoms with Crippen LogP contribution in [0, 0.1) is 0 Å². The van der Waals surface area contributed by atoms with E-state index in [-0.39, 0.29) is 30.5 Å². The number of aromatic nitrogens is 1. The molecule has 0 spiro atoms.